The van der Waals surface area contributed by atoms with Gasteiger partial charge in [-0.25, -0.2) is 32.2 Å². The summed E-state index contributed by atoms with van der Waals surface area (Å²) in [7, 11) is -2.46. The van der Waals surface area contributed by atoms with E-state index in [2.05, 4.69) is 25.3 Å². The maximum Gasteiger partial charge on any atom is 0.232 e. The normalized spacial score (nSPS) is 21.4. The summed E-state index contributed by atoms with van der Waals surface area (Å²) in [5, 5.41) is 3.01. The van der Waals surface area contributed by atoms with E-state index >= 15 is 0 Å². The maximum atomic E-state index is 14.9. The summed E-state index contributed by atoms with van der Waals surface area (Å²) >= 11 is 0. The van der Waals surface area contributed by atoms with Crippen LogP contribution in [0.4, 0.5) is 20.3 Å². The molecule has 3 heterocycles. The van der Waals surface area contributed by atoms with Crippen LogP contribution in [0.2, 0.25) is 0 Å². The minimum atomic E-state index is -3.93. The lowest BCUT2D eigenvalue weighted by Gasteiger charge is -2.38. The monoisotopic (exact) mass is 476 g/mol. The predicted molar refractivity (Wildman–Crippen MR) is 121 cm³/mol. The minimum Gasteiger partial charge on any atom is -0.480 e. The number of sulfone groups is 1. The Morgan fingerprint density at radius 1 is 1.24 bits per heavy atom. The molecule has 4 rings (SSSR count). The molecule has 2 aromatic heterocycles. The summed E-state index contributed by atoms with van der Waals surface area (Å²) in [6, 6.07) is 5.47. The van der Waals surface area contributed by atoms with Crippen LogP contribution < -0.4 is 15.8 Å². The Morgan fingerprint density at radius 3 is 2.67 bits per heavy atom. The minimum absolute atomic E-state index is 0.231. The molecule has 1 atom stereocenters. The quantitative estimate of drug-likeness (QED) is 0.574. The first-order valence-corrected chi connectivity index (χ1v) is 11.5. The predicted octanol–water partition coefficient (Wildman–Crippen LogP) is 2.65. The first-order chi connectivity index (χ1) is 15.5. The van der Waals surface area contributed by atoms with E-state index in [0.717, 1.165) is 6.07 Å². The second-order valence-electron chi connectivity index (χ2n) is 8.19. The standard InChI is InChI=1S/C21H22F2N6O3S/c1-20(2)19(24)29-21(10-22,11-33(20,30)31)13-8-12(4-5-14(13)23)27-18-17-15(6-7-25-18)28-16(32-3)9-26-17/h4-9H,10-11H2,1-3H3,(H2,24,29)(H,25,27)/t21-/m0/s1. The molecule has 1 aliphatic heterocycles. The van der Waals surface area contributed by atoms with E-state index in [-0.39, 0.29) is 11.4 Å². The Bertz CT molecular complexity index is 1380. The van der Waals surface area contributed by atoms with Crippen LogP contribution in [0.25, 0.3) is 11.0 Å². The number of amidine groups is 1. The number of pyridine rings is 1. The fourth-order valence-corrected chi connectivity index (χ4v) is 5.20. The smallest absolute Gasteiger partial charge is 0.232 e. The van der Waals surface area contributed by atoms with Crippen molar-refractivity contribution < 1.29 is 21.9 Å². The second kappa shape index (κ2) is 7.87. The number of nitrogens with two attached hydrogens (primary N) is 1. The lowest BCUT2D eigenvalue weighted by Crippen LogP contribution is -2.56. The molecule has 12 heteroatoms. The third-order valence-electron chi connectivity index (χ3n) is 5.76. The second-order valence-corrected chi connectivity index (χ2v) is 10.7. The zero-order valence-electron chi connectivity index (χ0n) is 18.1. The van der Waals surface area contributed by atoms with Gasteiger partial charge in [0.05, 0.1) is 24.6 Å². The summed E-state index contributed by atoms with van der Waals surface area (Å²) in [6.45, 7) is 1.53. The number of halogens is 2. The van der Waals surface area contributed by atoms with Crippen molar-refractivity contribution in [2.24, 2.45) is 10.7 Å². The van der Waals surface area contributed by atoms with Gasteiger partial charge in [0.25, 0.3) is 0 Å². The molecule has 0 amide bonds. The van der Waals surface area contributed by atoms with Crippen LogP contribution in [-0.4, -0.2) is 53.5 Å². The van der Waals surface area contributed by atoms with Gasteiger partial charge in [-0.2, -0.15) is 0 Å². The molecule has 3 aromatic rings. The number of fused-ring (bicyclic) bond motifs is 1. The molecular weight excluding hydrogens is 454 g/mol. The van der Waals surface area contributed by atoms with Gasteiger partial charge in [0.2, 0.25) is 5.88 Å². The highest BCUT2D eigenvalue weighted by Gasteiger charge is 2.51. The van der Waals surface area contributed by atoms with E-state index in [0.29, 0.717) is 28.4 Å². The molecule has 3 N–H and O–H groups in total. The molecular formula is C21H22F2N6O3S. The Balaban J connectivity index is 1.80. The molecule has 33 heavy (non-hydrogen) atoms. The highest BCUT2D eigenvalue weighted by Crippen LogP contribution is 2.39. The first-order valence-electron chi connectivity index (χ1n) is 9.90. The molecule has 1 aliphatic rings. The average Bonchev–Trinajstić information content (AvgIpc) is 2.78. The van der Waals surface area contributed by atoms with Crippen molar-refractivity contribution in [1.82, 2.24) is 15.0 Å². The van der Waals surface area contributed by atoms with Crippen LogP contribution >= 0.6 is 0 Å². The number of aromatic nitrogens is 3. The lowest BCUT2D eigenvalue weighted by molar-refractivity contribution is 0.324. The van der Waals surface area contributed by atoms with Crippen molar-refractivity contribution in [3.05, 3.63) is 48.0 Å². The molecule has 1 aromatic carbocycles. The zero-order chi connectivity index (χ0) is 24.0. The lowest BCUT2D eigenvalue weighted by atomic mass is 9.92. The van der Waals surface area contributed by atoms with E-state index in [1.807, 2.05) is 0 Å². The number of alkyl halides is 1. The summed E-state index contributed by atoms with van der Waals surface area (Å²) in [4.78, 5) is 17.0. The Morgan fingerprint density at radius 2 is 2.00 bits per heavy atom. The number of methoxy groups -OCH3 is 1. The van der Waals surface area contributed by atoms with Crippen molar-refractivity contribution >= 4 is 38.2 Å². The van der Waals surface area contributed by atoms with Gasteiger partial charge in [0.15, 0.2) is 15.7 Å². The van der Waals surface area contributed by atoms with E-state index in [1.54, 1.807) is 6.07 Å². The first kappa shape index (κ1) is 22.8. The van der Waals surface area contributed by atoms with E-state index in [1.165, 1.54) is 45.5 Å². The van der Waals surface area contributed by atoms with Crippen molar-refractivity contribution in [1.29, 1.82) is 0 Å². The van der Waals surface area contributed by atoms with Crippen molar-refractivity contribution in [2.45, 2.75) is 24.1 Å². The largest absolute Gasteiger partial charge is 0.480 e. The molecule has 0 fully saturated rings. The van der Waals surface area contributed by atoms with Gasteiger partial charge in [-0.05, 0) is 38.1 Å². The molecule has 174 valence electrons. The fourth-order valence-electron chi connectivity index (χ4n) is 3.54. The summed E-state index contributed by atoms with van der Waals surface area (Å²) in [6.07, 6.45) is 2.93. The number of hydrogen-bond donors (Lipinski definition) is 2. The number of hydrogen-bond acceptors (Lipinski definition) is 9. The van der Waals surface area contributed by atoms with Gasteiger partial charge in [0.1, 0.15) is 34.1 Å². The van der Waals surface area contributed by atoms with Gasteiger partial charge < -0.3 is 15.8 Å². The highest BCUT2D eigenvalue weighted by atomic mass is 32.2. The van der Waals surface area contributed by atoms with E-state index in [9.17, 15) is 17.2 Å². The Labute approximate surface area is 189 Å². The van der Waals surface area contributed by atoms with Crippen LogP contribution in [-0.2, 0) is 15.4 Å². The zero-order valence-corrected chi connectivity index (χ0v) is 18.9. The molecule has 0 bridgehead atoms. The molecule has 0 spiro atoms. The maximum absolute atomic E-state index is 14.9. The summed E-state index contributed by atoms with van der Waals surface area (Å²) in [5.41, 5.74) is 4.93. The number of anilines is 2. The highest BCUT2D eigenvalue weighted by molar-refractivity contribution is 7.93. The third-order valence-corrected chi connectivity index (χ3v) is 8.38. The number of benzene rings is 1. The van der Waals surface area contributed by atoms with Crippen LogP contribution in [0, 0.1) is 5.82 Å². The molecule has 0 aliphatic carbocycles. The molecule has 9 nitrogen and oxygen atoms in total. The van der Waals surface area contributed by atoms with Crippen LogP contribution in [0.15, 0.2) is 41.7 Å². The number of nitrogens with one attached hydrogen (secondary N) is 1. The van der Waals surface area contributed by atoms with Crippen molar-refractivity contribution in [3.8, 4) is 5.88 Å². The SMILES string of the molecule is COc1cnc2c(Nc3ccc(F)c([C@]4(CF)CS(=O)(=O)C(C)(C)C(N)=N4)c3)nccc2n1. The Hall–Kier alpha value is -3.41. The molecule has 0 radical (unpaired) electrons. The average molecular weight is 477 g/mol. The number of ether oxygens (including phenoxy) is 1. The van der Waals surface area contributed by atoms with E-state index in [4.69, 9.17) is 10.5 Å². The number of aliphatic imine (C=N–C) groups is 1. The van der Waals surface area contributed by atoms with Gasteiger partial charge in [-0.15, -0.1) is 0 Å². The van der Waals surface area contributed by atoms with Crippen LogP contribution in [0.1, 0.15) is 19.4 Å². The fraction of sp³-hybridized carbons (Fsp3) is 0.333. The topological polar surface area (TPSA) is 132 Å². The Kier molecular flexibility index (Phi) is 5.43. The number of rotatable bonds is 5. The third kappa shape index (κ3) is 3.73. The van der Waals surface area contributed by atoms with Crippen LogP contribution in [0.5, 0.6) is 5.88 Å². The van der Waals surface area contributed by atoms with Gasteiger partial charge in [-0.1, -0.05) is 0 Å². The van der Waals surface area contributed by atoms with E-state index < -0.39 is 38.4 Å². The molecule has 0 unspecified atom stereocenters. The molecule has 0 saturated heterocycles. The van der Waals surface area contributed by atoms with Gasteiger partial charge >= 0.3 is 0 Å². The number of nitrogens with zero attached hydrogens (tertiary/aromatic N) is 4. The van der Waals surface area contributed by atoms with Crippen molar-refractivity contribution in [2.75, 3.05) is 24.9 Å². The van der Waals surface area contributed by atoms with Crippen LogP contribution in [0.3, 0.4) is 0 Å². The van der Waals surface area contributed by atoms with Crippen molar-refractivity contribution in [3.63, 3.8) is 0 Å². The van der Waals surface area contributed by atoms with Gasteiger partial charge in [-0.3, -0.25) is 4.99 Å². The van der Waals surface area contributed by atoms with Gasteiger partial charge in [0, 0.05) is 17.4 Å². The summed E-state index contributed by atoms with van der Waals surface area (Å²) < 4.78 is 58.5. The molecule has 0 saturated carbocycles. The summed E-state index contributed by atoms with van der Waals surface area (Å²) in [5.74, 6) is -1.16.